The smallest absolute Gasteiger partial charge is 0.324 e. The predicted octanol–water partition coefficient (Wildman–Crippen LogP) is 2.85. The van der Waals surface area contributed by atoms with Gasteiger partial charge in [0.15, 0.2) is 0 Å². The lowest BCUT2D eigenvalue weighted by molar-refractivity contribution is -0.139. The van der Waals surface area contributed by atoms with Crippen molar-refractivity contribution in [1.82, 2.24) is 0 Å². The summed E-state index contributed by atoms with van der Waals surface area (Å²) in [6, 6.07) is 4.65. The second kappa shape index (κ2) is 3.90. The van der Waals surface area contributed by atoms with Crippen molar-refractivity contribution in [3.63, 3.8) is 0 Å². The number of halogens is 2. The molecule has 0 heterocycles. The standard InChI is InChI=1S/C9H8Br2O3/c1-9(11,8(13)14)5-2-3-6(10)7(12)4-5/h2-4,12H,1H3,(H,13,14). The lowest BCUT2D eigenvalue weighted by atomic mass is 10.0. The maximum Gasteiger partial charge on any atom is 0.324 e. The number of phenolic OH excluding ortho intramolecular Hbond substituents is 1. The maximum absolute atomic E-state index is 10.9. The van der Waals surface area contributed by atoms with Gasteiger partial charge in [-0.3, -0.25) is 4.79 Å². The van der Waals surface area contributed by atoms with Gasteiger partial charge in [-0.25, -0.2) is 0 Å². The highest BCUT2D eigenvalue weighted by Crippen LogP contribution is 2.35. The minimum Gasteiger partial charge on any atom is -0.507 e. The van der Waals surface area contributed by atoms with Gasteiger partial charge in [0.05, 0.1) is 4.47 Å². The zero-order valence-corrected chi connectivity index (χ0v) is 10.5. The van der Waals surface area contributed by atoms with Crippen LogP contribution in [0.2, 0.25) is 0 Å². The van der Waals surface area contributed by atoms with E-state index in [0.29, 0.717) is 10.0 Å². The van der Waals surface area contributed by atoms with Crippen molar-refractivity contribution in [2.75, 3.05) is 0 Å². The summed E-state index contributed by atoms with van der Waals surface area (Å²) in [6.45, 7) is 1.51. The number of aliphatic carboxylic acids is 1. The van der Waals surface area contributed by atoms with E-state index in [0.717, 1.165) is 0 Å². The van der Waals surface area contributed by atoms with Gasteiger partial charge >= 0.3 is 5.97 Å². The summed E-state index contributed by atoms with van der Waals surface area (Å²) in [6.07, 6.45) is 0. The van der Waals surface area contributed by atoms with Gasteiger partial charge in [-0.15, -0.1) is 0 Å². The van der Waals surface area contributed by atoms with Crippen LogP contribution in [0, 0.1) is 0 Å². The van der Waals surface area contributed by atoms with Gasteiger partial charge in [0, 0.05) is 0 Å². The summed E-state index contributed by atoms with van der Waals surface area (Å²) in [5.41, 5.74) is 0.491. The van der Waals surface area contributed by atoms with Crippen LogP contribution in [0.1, 0.15) is 12.5 Å². The van der Waals surface area contributed by atoms with Crippen molar-refractivity contribution in [3.8, 4) is 5.75 Å². The Bertz CT molecular complexity index is 374. The normalized spacial score (nSPS) is 14.8. The van der Waals surface area contributed by atoms with Gasteiger partial charge in [0.1, 0.15) is 10.1 Å². The maximum atomic E-state index is 10.9. The number of rotatable bonds is 2. The highest BCUT2D eigenvalue weighted by atomic mass is 79.9. The topological polar surface area (TPSA) is 57.5 Å². The number of hydrogen-bond donors (Lipinski definition) is 2. The van der Waals surface area contributed by atoms with E-state index in [9.17, 15) is 9.90 Å². The average Bonchev–Trinajstić information content (AvgIpc) is 2.09. The molecule has 1 atom stereocenters. The van der Waals surface area contributed by atoms with E-state index < -0.39 is 10.3 Å². The van der Waals surface area contributed by atoms with E-state index in [2.05, 4.69) is 31.9 Å². The van der Waals surface area contributed by atoms with Gasteiger partial charge in [-0.1, -0.05) is 22.0 Å². The molecule has 76 valence electrons. The third-order valence-electron chi connectivity index (χ3n) is 1.89. The fraction of sp³-hybridized carbons (Fsp3) is 0.222. The molecule has 0 aliphatic rings. The molecule has 0 saturated heterocycles. The Morgan fingerprint density at radius 3 is 2.50 bits per heavy atom. The highest BCUT2D eigenvalue weighted by molar-refractivity contribution is 9.10. The quantitative estimate of drug-likeness (QED) is 0.823. The van der Waals surface area contributed by atoms with Crippen LogP contribution in [-0.4, -0.2) is 16.2 Å². The summed E-state index contributed by atoms with van der Waals surface area (Å²) in [5, 5.41) is 18.3. The molecule has 1 aromatic rings. The van der Waals surface area contributed by atoms with Crippen LogP contribution in [0.3, 0.4) is 0 Å². The third-order valence-corrected chi connectivity index (χ3v) is 3.36. The lowest BCUT2D eigenvalue weighted by Gasteiger charge is -2.17. The van der Waals surface area contributed by atoms with Crippen LogP contribution in [0.25, 0.3) is 0 Å². The van der Waals surface area contributed by atoms with Gasteiger partial charge in [0.2, 0.25) is 0 Å². The van der Waals surface area contributed by atoms with Crippen molar-refractivity contribution >= 4 is 37.8 Å². The first-order valence-corrected chi connectivity index (χ1v) is 5.35. The van der Waals surface area contributed by atoms with E-state index in [4.69, 9.17) is 5.11 Å². The molecule has 3 nitrogen and oxygen atoms in total. The number of aromatic hydroxyl groups is 1. The Morgan fingerprint density at radius 2 is 2.07 bits per heavy atom. The molecule has 0 aromatic heterocycles. The first-order valence-electron chi connectivity index (χ1n) is 3.77. The van der Waals surface area contributed by atoms with Crippen molar-refractivity contribution in [1.29, 1.82) is 0 Å². The Morgan fingerprint density at radius 1 is 1.50 bits per heavy atom. The number of alkyl halides is 1. The van der Waals surface area contributed by atoms with E-state index in [1.807, 2.05) is 0 Å². The second-order valence-electron chi connectivity index (χ2n) is 2.97. The van der Waals surface area contributed by atoms with Gasteiger partial charge < -0.3 is 10.2 Å². The van der Waals surface area contributed by atoms with Crippen LogP contribution in [0.4, 0.5) is 0 Å². The van der Waals surface area contributed by atoms with E-state index in [1.54, 1.807) is 12.1 Å². The molecule has 0 amide bonds. The Kier molecular flexibility index (Phi) is 3.21. The molecule has 1 unspecified atom stereocenters. The van der Waals surface area contributed by atoms with Crippen LogP contribution >= 0.6 is 31.9 Å². The molecule has 1 rings (SSSR count). The Labute approximate surface area is 98.0 Å². The molecular weight excluding hydrogens is 316 g/mol. The van der Waals surface area contributed by atoms with E-state index in [-0.39, 0.29) is 5.75 Å². The zero-order valence-electron chi connectivity index (χ0n) is 7.29. The molecule has 0 saturated carbocycles. The van der Waals surface area contributed by atoms with Crippen LogP contribution in [0.5, 0.6) is 5.75 Å². The summed E-state index contributed by atoms with van der Waals surface area (Å²) in [7, 11) is 0. The molecular formula is C9H8Br2O3. The molecule has 0 bridgehead atoms. The molecule has 0 aliphatic carbocycles. The fourth-order valence-electron chi connectivity index (χ4n) is 0.928. The summed E-state index contributed by atoms with van der Waals surface area (Å²) in [4.78, 5) is 10.9. The van der Waals surface area contributed by atoms with Crippen molar-refractivity contribution < 1.29 is 15.0 Å². The molecule has 5 heteroatoms. The molecule has 0 aliphatic heterocycles. The summed E-state index contributed by atoms with van der Waals surface area (Å²) < 4.78 is -0.638. The first-order chi connectivity index (χ1) is 6.35. The fourth-order valence-corrected chi connectivity index (χ4v) is 1.42. The highest BCUT2D eigenvalue weighted by Gasteiger charge is 2.32. The van der Waals surface area contributed by atoms with Crippen LogP contribution in [0.15, 0.2) is 22.7 Å². The van der Waals surface area contributed by atoms with Crippen molar-refractivity contribution in [2.24, 2.45) is 0 Å². The largest absolute Gasteiger partial charge is 0.507 e. The van der Waals surface area contributed by atoms with Gasteiger partial charge in [-0.2, -0.15) is 0 Å². The molecule has 0 fully saturated rings. The summed E-state index contributed by atoms with van der Waals surface area (Å²) >= 11 is 6.21. The number of carboxylic acid groups (broad SMARTS) is 1. The second-order valence-corrected chi connectivity index (χ2v) is 5.41. The van der Waals surface area contributed by atoms with E-state index >= 15 is 0 Å². The lowest BCUT2D eigenvalue weighted by Crippen LogP contribution is -2.24. The average molecular weight is 324 g/mol. The monoisotopic (exact) mass is 322 g/mol. The van der Waals surface area contributed by atoms with Crippen molar-refractivity contribution in [2.45, 2.75) is 11.2 Å². The molecule has 2 N–H and O–H groups in total. The Hall–Kier alpha value is -0.550. The SMILES string of the molecule is CC(Br)(C(=O)O)c1ccc(Br)c(O)c1. The van der Waals surface area contributed by atoms with Gasteiger partial charge in [0.25, 0.3) is 0 Å². The molecule has 1 aromatic carbocycles. The van der Waals surface area contributed by atoms with E-state index in [1.165, 1.54) is 13.0 Å². The van der Waals surface area contributed by atoms with Crippen LogP contribution in [-0.2, 0) is 9.12 Å². The summed E-state index contributed by atoms with van der Waals surface area (Å²) in [5.74, 6) is -0.978. The third kappa shape index (κ3) is 2.09. The first kappa shape index (κ1) is 11.5. The van der Waals surface area contributed by atoms with Crippen LogP contribution < -0.4 is 0 Å². The number of phenols is 1. The number of carbonyl (C=O) groups is 1. The molecule has 14 heavy (non-hydrogen) atoms. The minimum atomic E-state index is -1.18. The van der Waals surface area contributed by atoms with Crippen molar-refractivity contribution in [3.05, 3.63) is 28.2 Å². The number of benzene rings is 1. The molecule has 0 radical (unpaired) electrons. The number of carboxylic acids is 1. The zero-order chi connectivity index (χ0) is 10.9. The minimum absolute atomic E-state index is 0.0226. The Balaban J connectivity index is 3.21. The molecule has 0 spiro atoms. The van der Waals surface area contributed by atoms with Gasteiger partial charge in [-0.05, 0) is 40.5 Å². The number of hydrogen-bond acceptors (Lipinski definition) is 2. The predicted molar refractivity (Wildman–Crippen MR) is 59.7 cm³/mol.